The summed E-state index contributed by atoms with van der Waals surface area (Å²) < 4.78 is 0. The highest BCUT2D eigenvalue weighted by Gasteiger charge is 2.20. The van der Waals surface area contributed by atoms with E-state index < -0.39 is 0 Å². The van der Waals surface area contributed by atoms with E-state index in [1.165, 1.54) is 33.4 Å². The van der Waals surface area contributed by atoms with Gasteiger partial charge >= 0.3 is 0 Å². The van der Waals surface area contributed by atoms with Gasteiger partial charge in [0.25, 0.3) is 0 Å². The van der Waals surface area contributed by atoms with Gasteiger partial charge in [0.15, 0.2) is 0 Å². The number of phenolic OH excluding ortho intramolecular Hbond substituents is 1. The zero-order valence-electron chi connectivity index (χ0n) is 30.5. The molecule has 0 unspecified atom stereocenters. The number of phenols is 1. The van der Waals surface area contributed by atoms with Crippen molar-refractivity contribution in [1.29, 1.82) is 0 Å². The molecule has 0 radical (unpaired) electrons. The minimum absolute atomic E-state index is 0.218. The lowest BCUT2D eigenvalue weighted by Gasteiger charge is -2.21. The largest absolute Gasteiger partial charge is 0.507 e. The molecule has 0 fully saturated rings. The van der Waals surface area contributed by atoms with E-state index in [-0.39, 0.29) is 5.75 Å². The van der Waals surface area contributed by atoms with Gasteiger partial charge in [-0.2, -0.15) is 0 Å². The molecule has 1 N–H and O–H groups in total. The van der Waals surface area contributed by atoms with Crippen LogP contribution in [0, 0.1) is 0 Å². The third kappa shape index (κ3) is 7.56. The van der Waals surface area contributed by atoms with E-state index in [1.54, 1.807) is 17.8 Å². The molecule has 0 spiro atoms. The summed E-state index contributed by atoms with van der Waals surface area (Å²) >= 11 is 1.67. The SMILES string of the molecule is CC(C)c1cc(-c2ccc(-c3cc(Sc4ccccn4)cc(-c4c(C(C)C)cccc4C(C)C)c3)nc2-c2ccccc2O)cc(C(C)C)c1. The first-order valence-corrected chi connectivity index (χ1v) is 18.6. The number of hydrogen-bond acceptors (Lipinski definition) is 4. The van der Waals surface area contributed by atoms with Gasteiger partial charge in [-0.05, 0) is 111 Å². The van der Waals surface area contributed by atoms with Gasteiger partial charge < -0.3 is 5.11 Å². The number of hydrogen-bond donors (Lipinski definition) is 1. The van der Waals surface area contributed by atoms with Gasteiger partial charge in [-0.15, -0.1) is 0 Å². The normalized spacial score (nSPS) is 11.7. The van der Waals surface area contributed by atoms with E-state index in [0.29, 0.717) is 23.7 Å². The van der Waals surface area contributed by atoms with Crippen LogP contribution in [0.3, 0.4) is 0 Å². The fraction of sp³-hybridized carbons (Fsp3) is 0.261. The smallest absolute Gasteiger partial charge is 0.124 e. The van der Waals surface area contributed by atoms with Gasteiger partial charge in [0, 0.05) is 27.8 Å². The zero-order valence-corrected chi connectivity index (χ0v) is 31.3. The Hall–Kier alpha value is -4.67. The van der Waals surface area contributed by atoms with E-state index in [0.717, 1.165) is 43.6 Å². The van der Waals surface area contributed by atoms with Gasteiger partial charge in [-0.1, -0.05) is 128 Å². The molecular weight excluding hydrogens is 629 g/mol. The van der Waals surface area contributed by atoms with Crippen LogP contribution in [0.25, 0.3) is 44.8 Å². The molecular formula is C46H48N2OS. The second-order valence-electron chi connectivity index (χ2n) is 14.4. The predicted octanol–water partition coefficient (Wildman–Crippen LogP) is 13.5. The molecule has 0 saturated carbocycles. The Balaban J connectivity index is 1.61. The van der Waals surface area contributed by atoms with Crippen LogP contribution in [0.5, 0.6) is 5.75 Å². The topological polar surface area (TPSA) is 46.0 Å². The molecule has 0 aliphatic rings. The van der Waals surface area contributed by atoms with E-state index in [9.17, 15) is 5.11 Å². The lowest BCUT2D eigenvalue weighted by atomic mass is 9.84. The zero-order chi connectivity index (χ0) is 35.5. The molecule has 0 atom stereocenters. The van der Waals surface area contributed by atoms with Crippen LogP contribution < -0.4 is 0 Å². The Morgan fingerprint density at radius 3 is 1.78 bits per heavy atom. The van der Waals surface area contributed by atoms with Gasteiger partial charge in [0.2, 0.25) is 0 Å². The second kappa shape index (κ2) is 15.1. The van der Waals surface area contributed by atoms with Gasteiger partial charge in [0.05, 0.1) is 11.4 Å². The summed E-state index contributed by atoms with van der Waals surface area (Å²) in [6.45, 7) is 18.0. The van der Waals surface area contributed by atoms with Crippen molar-refractivity contribution in [3.05, 3.63) is 138 Å². The summed E-state index contributed by atoms with van der Waals surface area (Å²) in [6.07, 6.45) is 1.84. The molecule has 0 amide bonds. The van der Waals surface area contributed by atoms with Crippen molar-refractivity contribution in [3.8, 4) is 50.5 Å². The highest BCUT2D eigenvalue weighted by atomic mass is 32.2. The molecule has 4 heteroatoms. The van der Waals surface area contributed by atoms with Crippen LogP contribution in [-0.4, -0.2) is 15.1 Å². The second-order valence-corrected chi connectivity index (χ2v) is 15.5. The van der Waals surface area contributed by atoms with Crippen LogP contribution in [0.1, 0.15) is 101 Å². The van der Waals surface area contributed by atoms with Crippen LogP contribution in [0.4, 0.5) is 0 Å². The van der Waals surface area contributed by atoms with Gasteiger partial charge in [-0.25, -0.2) is 9.97 Å². The van der Waals surface area contributed by atoms with Crippen molar-refractivity contribution in [3.63, 3.8) is 0 Å². The molecule has 2 aromatic heterocycles. The first-order chi connectivity index (χ1) is 24.0. The van der Waals surface area contributed by atoms with Crippen LogP contribution >= 0.6 is 11.8 Å². The monoisotopic (exact) mass is 676 g/mol. The average molecular weight is 677 g/mol. The number of pyridine rings is 2. The van der Waals surface area contributed by atoms with E-state index in [2.05, 4.69) is 133 Å². The van der Waals surface area contributed by atoms with Crippen molar-refractivity contribution < 1.29 is 5.11 Å². The summed E-state index contributed by atoms with van der Waals surface area (Å²) in [5, 5.41) is 12.1. The summed E-state index contributed by atoms with van der Waals surface area (Å²) in [7, 11) is 0. The number of benzene rings is 4. The third-order valence-corrected chi connectivity index (χ3v) is 10.3. The summed E-state index contributed by atoms with van der Waals surface area (Å²) in [5.74, 6) is 1.71. The molecule has 0 aliphatic carbocycles. The maximum Gasteiger partial charge on any atom is 0.124 e. The molecule has 6 rings (SSSR count). The van der Waals surface area contributed by atoms with E-state index in [1.807, 2.05) is 36.5 Å². The van der Waals surface area contributed by atoms with Crippen LogP contribution in [0.15, 0.2) is 125 Å². The lowest BCUT2D eigenvalue weighted by Crippen LogP contribution is -2.01. The first-order valence-electron chi connectivity index (χ1n) is 17.8. The Labute approximate surface area is 302 Å². The lowest BCUT2D eigenvalue weighted by molar-refractivity contribution is 0.477. The first kappa shape index (κ1) is 35.2. The molecule has 6 aromatic rings. The van der Waals surface area contributed by atoms with Crippen molar-refractivity contribution in [2.75, 3.05) is 0 Å². The summed E-state index contributed by atoms with van der Waals surface area (Å²) in [4.78, 5) is 11.2. The van der Waals surface area contributed by atoms with E-state index in [4.69, 9.17) is 4.98 Å². The Morgan fingerprint density at radius 1 is 0.540 bits per heavy atom. The van der Waals surface area contributed by atoms with Gasteiger partial charge in [0.1, 0.15) is 10.8 Å². The fourth-order valence-corrected chi connectivity index (χ4v) is 7.47. The average Bonchev–Trinajstić information content (AvgIpc) is 3.11. The van der Waals surface area contributed by atoms with Gasteiger partial charge in [-0.3, -0.25) is 0 Å². The third-order valence-electron chi connectivity index (χ3n) is 9.40. The molecule has 4 aromatic carbocycles. The van der Waals surface area contributed by atoms with E-state index >= 15 is 0 Å². The molecule has 0 aliphatic heterocycles. The molecule has 254 valence electrons. The Bertz CT molecular complexity index is 2060. The molecule has 2 heterocycles. The quantitative estimate of drug-likeness (QED) is 0.157. The Morgan fingerprint density at radius 2 is 1.18 bits per heavy atom. The van der Waals surface area contributed by atoms with Crippen molar-refractivity contribution in [1.82, 2.24) is 9.97 Å². The highest BCUT2D eigenvalue weighted by Crippen LogP contribution is 2.43. The maximum absolute atomic E-state index is 11.2. The molecule has 3 nitrogen and oxygen atoms in total. The standard InChI is InChI=1S/C46H48N2OS/c1-28(2)32-22-33(29(3)4)24-34(23-32)40-19-20-42(48-46(40)41-14-9-10-17-43(41)49)35-25-36(27-37(26-35)50-44-18-11-12-21-47-44)45-38(30(5)6)15-13-16-39(45)31(7)8/h9-31,49H,1-8H3. The predicted molar refractivity (Wildman–Crippen MR) is 212 cm³/mol. The molecule has 50 heavy (non-hydrogen) atoms. The summed E-state index contributed by atoms with van der Waals surface area (Å²) in [5.41, 5.74) is 13.2. The number of para-hydroxylation sites is 1. The number of nitrogens with zero attached hydrogens (tertiary/aromatic N) is 2. The molecule has 0 bridgehead atoms. The minimum Gasteiger partial charge on any atom is -0.507 e. The minimum atomic E-state index is 0.218. The van der Waals surface area contributed by atoms with Crippen molar-refractivity contribution >= 4 is 11.8 Å². The van der Waals surface area contributed by atoms with Crippen LogP contribution in [0.2, 0.25) is 0 Å². The number of rotatable bonds is 10. The van der Waals surface area contributed by atoms with Crippen molar-refractivity contribution in [2.24, 2.45) is 0 Å². The molecule has 0 saturated heterocycles. The van der Waals surface area contributed by atoms with Crippen molar-refractivity contribution in [2.45, 2.75) is 89.0 Å². The fourth-order valence-electron chi connectivity index (χ4n) is 6.59. The summed E-state index contributed by atoms with van der Waals surface area (Å²) in [6, 6.07) is 38.4. The highest BCUT2D eigenvalue weighted by molar-refractivity contribution is 7.99. The Kier molecular flexibility index (Phi) is 10.6. The van der Waals surface area contributed by atoms with Crippen LogP contribution in [-0.2, 0) is 0 Å². The number of aromatic nitrogens is 2. The number of aromatic hydroxyl groups is 1. The maximum atomic E-state index is 11.2.